The third-order valence-electron chi connectivity index (χ3n) is 4.32. The lowest BCUT2D eigenvalue weighted by molar-refractivity contribution is -0.135. The molecule has 13 heteroatoms. The van der Waals surface area contributed by atoms with Crippen LogP contribution in [0.3, 0.4) is 0 Å². The number of hydrogen-bond donors (Lipinski definition) is 2. The zero-order chi connectivity index (χ0) is 24.8. The quantitative estimate of drug-likeness (QED) is 0.557. The maximum Gasteiger partial charge on any atom is 0.405 e. The molecule has 0 saturated heterocycles. The fraction of sp³-hybridized carbons (Fsp3) is 0.300. The lowest BCUT2D eigenvalue weighted by Gasteiger charge is -2.16. The highest BCUT2D eigenvalue weighted by Gasteiger charge is 2.28. The van der Waals surface area contributed by atoms with Crippen LogP contribution in [0.1, 0.15) is 6.92 Å². The SMILES string of the molecule is CCn1c(=C(C#N)C(=O)NCC(F)(F)F)sc(=CNc2cccc(N(C)C(=O)CCl)c2)c1=O. The minimum atomic E-state index is -4.64. The monoisotopic (exact) mass is 501 g/mol. The molecule has 176 valence electrons. The Bertz CT molecular complexity index is 1260. The molecule has 0 fully saturated rings. The summed E-state index contributed by atoms with van der Waals surface area (Å²) in [5.41, 5.74) is -0.0251. The second kappa shape index (κ2) is 11.0. The molecule has 2 N–H and O–H groups in total. The molecule has 0 saturated carbocycles. The Morgan fingerprint density at radius 2 is 2.06 bits per heavy atom. The summed E-state index contributed by atoms with van der Waals surface area (Å²) in [5, 5.41) is 13.9. The van der Waals surface area contributed by atoms with Crippen molar-refractivity contribution in [1.82, 2.24) is 9.88 Å². The van der Waals surface area contributed by atoms with Crippen LogP contribution in [0, 0.1) is 11.3 Å². The summed E-state index contributed by atoms with van der Waals surface area (Å²) < 4.78 is 38.4. The molecule has 8 nitrogen and oxygen atoms in total. The summed E-state index contributed by atoms with van der Waals surface area (Å²) in [7, 11) is 1.56. The number of benzene rings is 1. The Labute approximate surface area is 195 Å². The minimum absolute atomic E-state index is 0.0566. The number of amides is 2. The van der Waals surface area contributed by atoms with Gasteiger partial charge < -0.3 is 15.5 Å². The van der Waals surface area contributed by atoms with Crippen LogP contribution in [0.25, 0.3) is 11.8 Å². The number of nitriles is 1. The van der Waals surface area contributed by atoms with Gasteiger partial charge in [0.2, 0.25) is 5.91 Å². The molecule has 2 amide bonds. The fourth-order valence-electron chi connectivity index (χ4n) is 2.64. The van der Waals surface area contributed by atoms with Gasteiger partial charge in [-0.2, -0.15) is 18.4 Å². The largest absolute Gasteiger partial charge is 0.405 e. The smallest absolute Gasteiger partial charge is 0.360 e. The first-order valence-corrected chi connectivity index (χ1v) is 10.8. The number of nitrogens with zero attached hydrogens (tertiary/aromatic N) is 3. The lowest BCUT2D eigenvalue weighted by atomic mass is 10.2. The van der Waals surface area contributed by atoms with Crippen molar-refractivity contribution in [3.8, 4) is 6.07 Å². The first kappa shape index (κ1) is 26.0. The number of alkyl halides is 4. The highest BCUT2D eigenvalue weighted by Crippen LogP contribution is 2.18. The van der Waals surface area contributed by atoms with Crippen LogP contribution < -0.4 is 30.3 Å². The number of carbonyl (C=O) groups is 2. The normalized spacial score (nSPS) is 12.7. The molecule has 1 heterocycles. The standard InChI is InChI=1S/C20H19ClF3N5O3S/c1-3-29-18(32)15(33-19(29)14(9-25)17(31)27-11-20(22,23)24)10-26-12-5-4-6-13(7-12)28(2)16(30)8-21/h4-7,10,26H,3,8,11H2,1-2H3,(H,27,31). The fourth-order valence-corrected chi connectivity index (χ4v) is 3.91. The molecule has 0 aliphatic carbocycles. The molecule has 0 bridgehead atoms. The van der Waals surface area contributed by atoms with Gasteiger partial charge in [-0.05, 0) is 25.1 Å². The lowest BCUT2D eigenvalue weighted by Crippen LogP contribution is -2.37. The predicted molar refractivity (Wildman–Crippen MR) is 120 cm³/mol. The molecule has 0 unspecified atom stereocenters. The molecule has 0 aliphatic rings. The molecule has 2 aromatic rings. The molecule has 0 aliphatic heterocycles. The van der Waals surface area contributed by atoms with Gasteiger partial charge in [0.25, 0.3) is 11.5 Å². The molecule has 33 heavy (non-hydrogen) atoms. The van der Waals surface area contributed by atoms with Crippen LogP contribution in [0.2, 0.25) is 0 Å². The van der Waals surface area contributed by atoms with Crippen LogP contribution in [-0.2, 0) is 16.1 Å². The van der Waals surface area contributed by atoms with E-state index < -0.39 is 29.8 Å². The van der Waals surface area contributed by atoms with E-state index in [4.69, 9.17) is 11.6 Å². The second-order valence-corrected chi connectivity index (χ2v) is 7.83. The van der Waals surface area contributed by atoms with E-state index in [0.29, 0.717) is 11.4 Å². The van der Waals surface area contributed by atoms with Crippen LogP contribution >= 0.6 is 22.9 Å². The molecule has 0 spiro atoms. The predicted octanol–water partition coefficient (Wildman–Crippen LogP) is 1.33. The van der Waals surface area contributed by atoms with Gasteiger partial charge in [0, 0.05) is 31.2 Å². The number of thiazole rings is 1. The van der Waals surface area contributed by atoms with Gasteiger partial charge in [-0.3, -0.25) is 19.0 Å². The zero-order valence-electron chi connectivity index (χ0n) is 17.5. The van der Waals surface area contributed by atoms with Crippen molar-refractivity contribution in [1.29, 1.82) is 5.26 Å². The van der Waals surface area contributed by atoms with E-state index >= 15 is 0 Å². The van der Waals surface area contributed by atoms with E-state index in [1.54, 1.807) is 49.6 Å². The zero-order valence-corrected chi connectivity index (χ0v) is 19.1. The Hall–Kier alpha value is -3.30. The van der Waals surface area contributed by atoms with Crippen molar-refractivity contribution in [2.24, 2.45) is 0 Å². The van der Waals surface area contributed by atoms with Gasteiger partial charge in [-0.1, -0.05) is 6.07 Å². The molecule has 1 aromatic carbocycles. The number of rotatable bonds is 7. The first-order valence-electron chi connectivity index (χ1n) is 9.40. The third-order valence-corrected chi connectivity index (χ3v) is 5.68. The molecule has 1 aromatic heterocycles. The topological polar surface area (TPSA) is 107 Å². The first-order chi connectivity index (χ1) is 15.5. The highest BCUT2D eigenvalue weighted by atomic mass is 35.5. The van der Waals surface area contributed by atoms with Crippen molar-refractivity contribution >= 4 is 57.9 Å². The number of halogens is 4. The highest BCUT2D eigenvalue weighted by molar-refractivity contribution is 7.07. The van der Waals surface area contributed by atoms with Crippen LogP contribution in [0.15, 0.2) is 29.1 Å². The van der Waals surface area contributed by atoms with E-state index in [9.17, 15) is 32.8 Å². The summed E-state index contributed by atoms with van der Waals surface area (Å²) >= 11 is 6.36. The second-order valence-electron chi connectivity index (χ2n) is 6.53. The van der Waals surface area contributed by atoms with Crippen LogP contribution in [0.4, 0.5) is 24.5 Å². The van der Waals surface area contributed by atoms with Crippen LogP contribution in [0.5, 0.6) is 0 Å². The van der Waals surface area contributed by atoms with Gasteiger partial charge in [0.1, 0.15) is 27.7 Å². The number of carbonyl (C=O) groups excluding carboxylic acids is 2. The van der Waals surface area contributed by atoms with E-state index in [1.807, 2.05) is 0 Å². The van der Waals surface area contributed by atoms with Crippen molar-refractivity contribution in [3.63, 3.8) is 0 Å². The number of anilines is 2. The van der Waals surface area contributed by atoms with E-state index in [0.717, 1.165) is 15.9 Å². The van der Waals surface area contributed by atoms with Gasteiger partial charge in [-0.25, -0.2) is 0 Å². The summed E-state index contributed by atoms with van der Waals surface area (Å²) in [6.07, 6.45) is -3.29. The molecular formula is C20H19ClF3N5O3S. The minimum Gasteiger partial charge on any atom is -0.360 e. The molecule has 0 radical (unpaired) electrons. The summed E-state index contributed by atoms with van der Waals surface area (Å²) in [6, 6.07) is 8.28. The number of nitrogens with one attached hydrogen (secondary N) is 2. The third kappa shape index (κ3) is 6.59. The van der Waals surface area contributed by atoms with Gasteiger partial charge in [-0.15, -0.1) is 22.9 Å². The van der Waals surface area contributed by atoms with Crippen molar-refractivity contribution < 1.29 is 22.8 Å². The van der Waals surface area contributed by atoms with E-state index in [1.165, 1.54) is 11.1 Å². The van der Waals surface area contributed by atoms with Gasteiger partial charge in [0.05, 0.1) is 0 Å². The average Bonchev–Trinajstić information content (AvgIpc) is 3.10. The Morgan fingerprint density at radius 3 is 2.64 bits per heavy atom. The maximum absolute atomic E-state index is 12.7. The Balaban J connectivity index is 2.45. The van der Waals surface area contributed by atoms with Gasteiger partial charge >= 0.3 is 6.18 Å². The van der Waals surface area contributed by atoms with Crippen molar-refractivity contribution in [2.75, 3.05) is 29.7 Å². The maximum atomic E-state index is 12.7. The van der Waals surface area contributed by atoms with E-state index in [-0.39, 0.29) is 27.5 Å². The number of aromatic nitrogens is 1. The summed E-state index contributed by atoms with van der Waals surface area (Å²) in [4.78, 5) is 38.0. The van der Waals surface area contributed by atoms with Crippen molar-refractivity contribution in [2.45, 2.75) is 19.6 Å². The molecule has 0 atom stereocenters. The van der Waals surface area contributed by atoms with Crippen molar-refractivity contribution in [3.05, 3.63) is 43.8 Å². The average molecular weight is 502 g/mol. The van der Waals surface area contributed by atoms with Gasteiger partial charge in [0.15, 0.2) is 5.57 Å². The van der Waals surface area contributed by atoms with Crippen LogP contribution in [-0.4, -0.2) is 42.0 Å². The van der Waals surface area contributed by atoms with E-state index in [2.05, 4.69) is 5.32 Å². The number of hydrogen-bond acceptors (Lipinski definition) is 6. The summed E-state index contributed by atoms with van der Waals surface area (Å²) in [6.45, 7) is 0.0952. The molecular weight excluding hydrogens is 483 g/mol. The summed E-state index contributed by atoms with van der Waals surface area (Å²) in [5.74, 6) is -1.73. The molecule has 2 rings (SSSR count). The Kier molecular flexibility index (Phi) is 8.67. The Morgan fingerprint density at radius 1 is 1.36 bits per heavy atom.